The molecular weight excluding hydrogens is 464 g/mol. The van der Waals surface area contributed by atoms with Crippen LogP contribution in [0.3, 0.4) is 0 Å². The number of carbonyl (C=O) groups is 1. The van der Waals surface area contributed by atoms with Gasteiger partial charge in [0.2, 0.25) is 0 Å². The van der Waals surface area contributed by atoms with Gasteiger partial charge in [-0.15, -0.1) is 11.3 Å². The lowest BCUT2D eigenvalue weighted by Crippen LogP contribution is -2.35. The van der Waals surface area contributed by atoms with Crippen molar-refractivity contribution in [1.29, 1.82) is 0 Å². The van der Waals surface area contributed by atoms with E-state index in [1.54, 1.807) is 13.8 Å². The Hall–Kier alpha value is -2.82. The molecule has 0 aliphatic carbocycles. The summed E-state index contributed by atoms with van der Waals surface area (Å²) < 4.78 is 11.0. The van der Waals surface area contributed by atoms with Crippen LogP contribution in [-0.2, 0) is 22.6 Å². The number of aromatic nitrogens is 1. The minimum absolute atomic E-state index is 0.206. The maximum absolute atomic E-state index is 12.1. The molecule has 0 unspecified atom stereocenters. The fourth-order valence-corrected chi connectivity index (χ4v) is 4.83. The molecule has 1 aliphatic rings. The molecule has 1 aliphatic heterocycles. The van der Waals surface area contributed by atoms with Gasteiger partial charge in [-0.1, -0.05) is 30.3 Å². The number of carbonyl (C=O) groups excluding carboxylic acids is 1. The van der Waals surface area contributed by atoms with Gasteiger partial charge in [0.05, 0.1) is 43.3 Å². The van der Waals surface area contributed by atoms with Crippen LogP contribution in [0.2, 0.25) is 0 Å². The molecule has 1 amide bonds. The van der Waals surface area contributed by atoms with Crippen LogP contribution in [0.15, 0.2) is 48.5 Å². The van der Waals surface area contributed by atoms with Gasteiger partial charge in [0, 0.05) is 24.5 Å². The van der Waals surface area contributed by atoms with Crippen LogP contribution in [0.4, 0.5) is 10.8 Å². The number of thiophene rings is 1. The molecule has 0 atom stereocenters. The molecule has 35 heavy (non-hydrogen) atoms. The molecule has 4 rings (SSSR count). The fourth-order valence-electron chi connectivity index (χ4n) is 3.75. The van der Waals surface area contributed by atoms with Crippen LogP contribution in [0.1, 0.15) is 35.5 Å². The summed E-state index contributed by atoms with van der Waals surface area (Å²) in [6.07, 6.45) is 0. The van der Waals surface area contributed by atoms with Gasteiger partial charge in [0.15, 0.2) is 0 Å². The molecule has 0 spiro atoms. The summed E-state index contributed by atoms with van der Waals surface area (Å²) in [6.45, 7) is 8.22. The minimum atomic E-state index is -0.902. The Balaban J connectivity index is 1.46. The number of pyridine rings is 1. The van der Waals surface area contributed by atoms with Crippen molar-refractivity contribution in [2.75, 3.05) is 38.2 Å². The molecular formula is C26H32N4O4S. The van der Waals surface area contributed by atoms with Crippen molar-refractivity contribution in [2.24, 2.45) is 5.73 Å². The van der Waals surface area contributed by atoms with Crippen LogP contribution in [-0.4, -0.2) is 59.4 Å². The molecule has 3 aromatic rings. The van der Waals surface area contributed by atoms with Crippen molar-refractivity contribution in [1.82, 2.24) is 9.88 Å². The van der Waals surface area contributed by atoms with Crippen molar-refractivity contribution in [3.05, 3.63) is 65.4 Å². The van der Waals surface area contributed by atoms with Gasteiger partial charge in [0.1, 0.15) is 10.8 Å². The van der Waals surface area contributed by atoms with E-state index < -0.39 is 11.5 Å². The number of anilines is 2. The average molecular weight is 497 g/mol. The van der Waals surface area contributed by atoms with E-state index in [-0.39, 0.29) is 13.2 Å². The third kappa shape index (κ3) is 7.33. The topological polar surface area (TPSA) is 110 Å². The summed E-state index contributed by atoms with van der Waals surface area (Å²) >= 11 is 1.46. The van der Waals surface area contributed by atoms with Crippen molar-refractivity contribution in [3.63, 3.8) is 0 Å². The van der Waals surface area contributed by atoms with Crippen molar-refractivity contribution < 1.29 is 19.4 Å². The molecule has 0 bridgehead atoms. The number of nitrogens with zero attached hydrogens (tertiary/aromatic N) is 2. The van der Waals surface area contributed by atoms with Gasteiger partial charge in [0.25, 0.3) is 5.91 Å². The summed E-state index contributed by atoms with van der Waals surface area (Å²) in [5.41, 5.74) is 8.18. The maximum atomic E-state index is 12.1. The smallest absolute Gasteiger partial charge is 0.251 e. The number of primary amides is 1. The Morgan fingerprint density at radius 1 is 1.23 bits per heavy atom. The Bertz CT molecular complexity index is 1130. The van der Waals surface area contributed by atoms with E-state index in [4.69, 9.17) is 15.2 Å². The van der Waals surface area contributed by atoms with Crippen LogP contribution < -0.4 is 11.1 Å². The van der Waals surface area contributed by atoms with Crippen molar-refractivity contribution in [3.8, 4) is 10.4 Å². The van der Waals surface area contributed by atoms with Crippen LogP contribution >= 0.6 is 11.3 Å². The normalized spacial score (nSPS) is 14.7. The van der Waals surface area contributed by atoms with Crippen LogP contribution in [0.25, 0.3) is 10.4 Å². The molecule has 1 aromatic carbocycles. The molecule has 3 heterocycles. The van der Waals surface area contributed by atoms with E-state index in [1.807, 2.05) is 24.3 Å². The molecule has 2 aromatic heterocycles. The number of morpholine rings is 1. The number of benzene rings is 1. The molecule has 8 nitrogen and oxygen atoms in total. The third-order valence-electron chi connectivity index (χ3n) is 5.50. The third-order valence-corrected chi connectivity index (χ3v) is 6.60. The Morgan fingerprint density at radius 2 is 1.97 bits per heavy atom. The second-order valence-electron chi connectivity index (χ2n) is 9.25. The number of nitrogens with one attached hydrogen (secondary N) is 1. The van der Waals surface area contributed by atoms with Crippen molar-refractivity contribution >= 4 is 28.1 Å². The van der Waals surface area contributed by atoms with E-state index in [1.165, 1.54) is 16.9 Å². The lowest BCUT2D eigenvalue weighted by Gasteiger charge is -2.26. The predicted octanol–water partition coefficient (Wildman–Crippen LogP) is 3.77. The van der Waals surface area contributed by atoms with E-state index in [2.05, 4.69) is 39.5 Å². The molecule has 0 saturated carbocycles. The number of ether oxygens (including phenoxy) is 2. The van der Waals surface area contributed by atoms with E-state index in [0.29, 0.717) is 22.1 Å². The molecule has 186 valence electrons. The number of amides is 1. The first-order valence-corrected chi connectivity index (χ1v) is 12.4. The summed E-state index contributed by atoms with van der Waals surface area (Å²) in [6, 6.07) is 15.8. The molecule has 9 heteroatoms. The SMILES string of the molecule is CC(C)(O)COCc1cccc(Nc2sc(-c3ccc(CN4CCOCC4)cc3)cc2C(N)=O)n1. The van der Waals surface area contributed by atoms with E-state index in [9.17, 15) is 9.90 Å². The van der Waals surface area contributed by atoms with Gasteiger partial charge in [-0.05, 0) is 43.2 Å². The largest absolute Gasteiger partial charge is 0.388 e. The second-order valence-corrected chi connectivity index (χ2v) is 10.3. The van der Waals surface area contributed by atoms with Crippen LogP contribution in [0.5, 0.6) is 0 Å². The zero-order valence-corrected chi connectivity index (χ0v) is 20.9. The van der Waals surface area contributed by atoms with Gasteiger partial charge >= 0.3 is 0 Å². The Morgan fingerprint density at radius 3 is 2.66 bits per heavy atom. The molecule has 1 saturated heterocycles. The second kappa shape index (κ2) is 11.3. The highest BCUT2D eigenvalue weighted by Gasteiger charge is 2.17. The monoisotopic (exact) mass is 496 g/mol. The Kier molecular flexibility index (Phi) is 8.15. The summed E-state index contributed by atoms with van der Waals surface area (Å²) in [7, 11) is 0. The van der Waals surface area contributed by atoms with Gasteiger partial charge < -0.3 is 25.6 Å². The lowest BCUT2D eigenvalue weighted by molar-refractivity contribution is -0.0276. The minimum Gasteiger partial charge on any atom is -0.388 e. The highest BCUT2D eigenvalue weighted by atomic mass is 32.1. The number of hydrogen-bond donors (Lipinski definition) is 3. The van der Waals surface area contributed by atoms with E-state index in [0.717, 1.165) is 43.3 Å². The van der Waals surface area contributed by atoms with E-state index >= 15 is 0 Å². The zero-order chi connectivity index (χ0) is 24.8. The molecule has 0 radical (unpaired) electrons. The maximum Gasteiger partial charge on any atom is 0.251 e. The summed E-state index contributed by atoms with van der Waals surface area (Å²) in [5, 5.41) is 13.7. The molecule has 4 N–H and O–H groups in total. The lowest BCUT2D eigenvalue weighted by atomic mass is 10.1. The zero-order valence-electron chi connectivity index (χ0n) is 20.1. The number of hydrogen-bond acceptors (Lipinski definition) is 8. The number of nitrogens with two attached hydrogens (primary N) is 1. The quantitative estimate of drug-likeness (QED) is 0.392. The highest BCUT2D eigenvalue weighted by Crippen LogP contribution is 2.37. The van der Waals surface area contributed by atoms with Gasteiger partial charge in [-0.2, -0.15) is 0 Å². The van der Waals surface area contributed by atoms with Crippen LogP contribution in [0, 0.1) is 0 Å². The first-order chi connectivity index (χ1) is 16.8. The standard InChI is InChI=1S/C26H32N4O4S/c1-26(2,32)17-34-16-20-4-3-5-23(28-20)29-25-21(24(27)31)14-22(35-25)19-8-6-18(7-9-19)15-30-10-12-33-13-11-30/h3-9,14,32H,10-13,15-17H2,1-2H3,(H2,27,31)(H,28,29). The average Bonchev–Trinajstić information content (AvgIpc) is 3.24. The van der Waals surface area contributed by atoms with Gasteiger partial charge in [-0.25, -0.2) is 4.98 Å². The first kappa shape index (κ1) is 25.3. The summed E-state index contributed by atoms with van der Waals surface area (Å²) in [4.78, 5) is 20.0. The summed E-state index contributed by atoms with van der Waals surface area (Å²) in [5.74, 6) is 0.0923. The Labute approximate surface area is 209 Å². The number of aliphatic hydroxyl groups is 1. The molecule has 1 fully saturated rings. The first-order valence-electron chi connectivity index (χ1n) is 11.6. The fraction of sp³-hybridized carbons (Fsp3) is 0.385. The van der Waals surface area contributed by atoms with Crippen molar-refractivity contribution in [2.45, 2.75) is 32.6 Å². The van der Waals surface area contributed by atoms with Gasteiger partial charge in [-0.3, -0.25) is 9.69 Å². The predicted molar refractivity (Wildman–Crippen MR) is 138 cm³/mol. The number of rotatable bonds is 10. The highest BCUT2D eigenvalue weighted by molar-refractivity contribution is 7.19.